The first kappa shape index (κ1) is 32.5. The van der Waals surface area contributed by atoms with Crippen LogP contribution in [0, 0.1) is 0 Å². The van der Waals surface area contributed by atoms with Gasteiger partial charge in [-0.2, -0.15) is 0 Å². The van der Waals surface area contributed by atoms with Crippen molar-refractivity contribution in [3.63, 3.8) is 0 Å². The predicted octanol–water partition coefficient (Wildman–Crippen LogP) is 15.2. The van der Waals surface area contributed by atoms with Crippen molar-refractivity contribution in [1.29, 1.82) is 0 Å². The molecule has 0 amide bonds. The van der Waals surface area contributed by atoms with E-state index in [1.165, 1.54) is 121 Å². The molecule has 0 unspecified atom stereocenters. The quantitative estimate of drug-likeness (QED) is 0.169. The third kappa shape index (κ3) is 4.02. The summed E-state index contributed by atoms with van der Waals surface area (Å²) >= 11 is 0. The van der Waals surface area contributed by atoms with Crippen LogP contribution in [0.2, 0.25) is 0 Å². The Labute approximate surface area is 354 Å². The smallest absolute Gasteiger partial charge is 0.0622 e. The van der Waals surface area contributed by atoms with Crippen LogP contribution in [0.15, 0.2) is 206 Å². The first-order valence-corrected chi connectivity index (χ1v) is 21.4. The zero-order chi connectivity index (χ0) is 40.2. The topological polar surface area (TPSA) is 18.7 Å². The maximum atomic E-state index is 2.56. The largest absolute Gasteiger partial charge is 0.309 e. The van der Waals surface area contributed by atoms with Crippen molar-refractivity contribution in [2.75, 3.05) is 0 Å². The molecule has 0 aliphatic heterocycles. The van der Waals surface area contributed by atoms with Crippen molar-refractivity contribution >= 4 is 98.0 Å². The Hall–Kier alpha value is -8.34. The van der Waals surface area contributed by atoms with Gasteiger partial charge in [-0.05, 0) is 83.9 Å². The highest BCUT2D eigenvalue weighted by molar-refractivity contribution is 6.37. The van der Waals surface area contributed by atoms with E-state index < -0.39 is 0 Å². The summed E-state index contributed by atoms with van der Waals surface area (Å²) in [6.07, 6.45) is 0. The Bertz CT molecular complexity index is 4010. The fourth-order valence-corrected chi connectivity index (χ4v) is 11.4. The van der Waals surface area contributed by atoms with Gasteiger partial charge >= 0.3 is 0 Å². The molecule has 6 heterocycles. The fraction of sp³-hybridized carbons (Fsp3) is 0. The number of para-hydroxylation sites is 4. The van der Waals surface area contributed by atoms with Crippen LogP contribution in [-0.2, 0) is 0 Å². The highest BCUT2D eigenvalue weighted by Crippen LogP contribution is 2.51. The van der Waals surface area contributed by atoms with Gasteiger partial charge in [-0.3, -0.25) is 0 Å². The van der Waals surface area contributed by atoms with Gasteiger partial charge in [0.05, 0.1) is 55.5 Å². The number of nitrogens with zero attached hydrogens (tertiary/aromatic N) is 4. The first-order chi connectivity index (χ1) is 30.8. The van der Waals surface area contributed by atoms with Crippen molar-refractivity contribution in [3.8, 4) is 33.9 Å². The van der Waals surface area contributed by atoms with Crippen LogP contribution < -0.4 is 0 Å². The minimum Gasteiger partial charge on any atom is -0.309 e. The highest BCUT2D eigenvalue weighted by atomic mass is 15.0. The molecule has 0 saturated heterocycles. The molecule has 9 aromatic carbocycles. The van der Waals surface area contributed by atoms with E-state index in [2.05, 4.69) is 224 Å². The molecule has 0 spiro atoms. The van der Waals surface area contributed by atoms with E-state index in [0.717, 1.165) is 11.4 Å². The fourth-order valence-electron chi connectivity index (χ4n) is 11.4. The van der Waals surface area contributed by atoms with Crippen molar-refractivity contribution in [1.82, 2.24) is 17.9 Å². The Balaban J connectivity index is 1.21. The average Bonchev–Trinajstić information content (AvgIpc) is 4.18. The van der Waals surface area contributed by atoms with Gasteiger partial charge in [0.2, 0.25) is 0 Å². The van der Waals surface area contributed by atoms with Crippen molar-refractivity contribution < 1.29 is 0 Å². The summed E-state index contributed by atoms with van der Waals surface area (Å²) in [5, 5.41) is 12.7. The lowest BCUT2D eigenvalue weighted by Gasteiger charge is -2.08. The molecule has 62 heavy (non-hydrogen) atoms. The summed E-state index contributed by atoms with van der Waals surface area (Å²) in [4.78, 5) is 0. The van der Waals surface area contributed by atoms with E-state index in [1.807, 2.05) is 0 Å². The van der Waals surface area contributed by atoms with E-state index in [1.54, 1.807) is 0 Å². The van der Waals surface area contributed by atoms with Gasteiger partial charge in [-0.15, -0.1) is 0 Å². The molecule has 0 fully saturated rings. The molecule has 0 aliphatic rings. The number of benzene rings is 9. The number of aromatic nitrogens is 4. The molecule has 0 saturated carbocycles. The van der Waals surface area contributed by atoms with Gasteiger partial charge in [-0.1, -0.05) is 133 Å². The second kappa shape index (κ2) is 11.7. The molecule has 6 aromatic heterocycles. The van der Waals surface area contributed by atoms with Crippen LogP contribution in [0.1, 0.15) is 0 Å². The normalized spacial score (nSPS) is 12.5. The minimum atomic E-state index is 1.16. The summed E-state index contributed by atoms with van der Waals surface area (Å²) in [5.74, 6) is 0. The summed E-state index contributed by atoms with van der Waals surface area (Å²) in [6.45, 7) is 0. The Kier molecular flexibility index (Phi) is 6.13. The van der Waals surface area contributed by atoms with E-state index in [-0.39, 0.29) is 0 Å². The van der Waals surface area contributed by atoms with Gasteiger partial charge in [0.15, 0.2) is 0 Å². The van der Waals surface area contributed by atoms with Crippen LogP contribution in [-0.4, -0.2) is 17.9 Å². The summed E-state index contributed by atoms with van der Waals surface area (Å²) in [5.41, 5.74) is 17.0. The van der Waals surface area contributed by atoms with Gasteiger partial charge < -0.3 is 17.9 Å². The van der Waals surface area contributed by atoms with E-state index in [4.69, 9.17) is 0 Å². The van der Waals surface area contributed by atoms with Gasteiger partial charge in [0, 0.05) is 65.2 Å². The maximum absolute atomic E-state index is 2.56. The molecule has 15 aromatic rings. The molecule has 15 rings (SSSR count). The lowest BCUT2D eigenvalue weighted by Crippen LogP contribution is -1.92. The molecular weight excluding hydrogens is 753 g/mol. The predicted molar refractivity (Wildman–Crippen MR) is 260 cm³/mol. The molecule has 0 atom stereocenters. The summed E-state index contributed by atoms with van der Waals surface area (Å²) in [7, 11) is 0. The maximum Gasteiger partial charge on any atom is 0.0622 e. The molecule has 0 bridgehead atoms. The lowest BCUT2D eigenvalue weighted by molar-refractivity contribution is 1.18. The number of fused-ring (bicyclic) bond motifs is 14. The number of hydrogen-bond acceptors (Lipinski definition) is 0. The van der Waals surface area contributed by atoms with E-state index >= 15 is 0 Å². The first-order valence-electron chi connectivity index (χ1n) is 21.4. The summed E-state index contributed by atoms with van der Waals surface area (Å²) < 4.78 is 10.1. The zero-order valence-corrected chi connectivity index (χ0v) is 33.4. The molecule has 4 heteroatoms. The monoisotopic (exact) mass is 786 g/mol. The Morgan fingerprint density at radius 3 is 1.08 bits per heavy atom. The second-order valence-electron chi connectivity index (χ2n) is 16.9. The Morgan fingerprint density at radius 1 is 0.258 bits per heavy atom. The lowest BCUT2D eigenvalue weighted by atomic mass is 9.99. The van der Waals surface area contributed by atoms with Crippen molar-refractivity contribution in [3.05, 3.63) is 206 Å². The molecule has 286 valence electrons. The van der Waals surface area contributed by atoms with E-state index in [9.17, 15) is 0 Å². The minimum absolute atomic E-state index is 1.16. The highest BCUT2D eigenvalue weighted by Gasteiger charge is 2.28. The zero-order valence-electron chi connectivity index (χ0n) is 33.4. The van der Waals surface area contributed by atoms with Gasteiger partial charge in [0.1, 0.15) is 0 Å². The second-order valence-corrected chi connectivity index (χ2v) is 16.9. The molecular formula is C58H34N4. The number of hydrogen-bond donors (Lipinski definition) is 0. The van der Waals surface area contributed by atoms with Crippen LogP contribution in [0.3, 0.4) is 0 Å². The number of rotatable bonds is 4. The SMILES string of the molecule is c1ccc(-c2cc3cc4c(c5ccccc5n4-c4ccccc4)c4c5cc6c7c8c9ccccc9n(-c9ccccc9)c8cc8cc(-c9ccccc9)n(c6cc5n2c34)c87)cc1. The standard InChI is InChI=1S/C58H34N4/c1-5-17-35(18-6-1)47-29-37-31-51-53(41-25-13-15-27-45(41)59(51)39-21-9-3-10-22-39)55-43-33-44-50(34-49(43)61(47)57(37)55)62-48(36-19-7-2-8-20-36)30-38-32-52-54(56(44)58(38)62)42-26-14-16-28-46(42)60(52)40-23-11-4-12-24-40/h1-34H. The molecule has 0 aliphatic carbocycles. The molecule has 4 nitrogen and oxygen atoms in total. The van der Waals surface area contributed by atoms with Gasteiger partial charge in [-0.25, -0.2) is 0 Å². The van der Waals surface area contributed by atoms with Gasteiger partial charge in [0.25, 0.3) is 0 Å². The van der Waals surface area contributed by atoms with Crippen molar-refractivity contribution in [2.45, 2.75) is 0 Å². The van der Waals surface area contributed by atoms with E-state index in [0.29, 0.717) is 0 Å². The third-order valence-electron chi connectivity index (χ3n) is 13.7. The molecule has 0 radical (unpaired) electrons. The van der Waals surface area contributed by atoms with Crippen LogP contribution >= 0.6 is 0 Å². The van der Waals surface area contributed by atoms with Crippen LogP contribution in [0.25, 0.3) is 132 Å². The Morgan fingerprint density at radius 2 is 0.645 bits per heavy atom. The van der Waals surface area contributed by atoms with Crippen LogP contribution in [0.4, 0.5) is 0 Å². The molecule has 0 N–H and O–H groups in total. The van der Waals surface area contributed by atoms with Crippen LogP contribution in [0.5, 0.6) is 0 Å². The average molecular weight is 787 g/mol. The third-order valence-corrected chi connectivity index (χ3v) is 13.7. The summed E-state index contributed by atoms with van der Waals surface area (Å²) in [6, 6.07) is 76.2. The van der Waals surface area contributed by atoms with Crippen molar-refractivity contribution in [2.24, 2.45) is 0 Å².